The molecular weight excluding hydrogens is 71.0 g/mol. The molecule has 0 aromatic heterocycles. The SMILES string of the molecule is CC1(O)CC1.[Li]. The van der Waals surface area contributed by atoms with Gasteiger partial charge in [-0.2, -0.15) is 0 Å². The van der Waals surface area contributed by atoms with Gasteiger partial charge in [0.2, 0.25) is 0 Å². The summed E-state index contributed by atoms with van der Waals surface area (Å²) in [7, 11) is 0. The number of hydrogen-bond donors (Lipinski definition) is 1. The summed E-state index contributed by atoms with van der Waals surface area (Å²) in [6.07, 6.45) is 2.01. The fraction of sp³-hybridized carbons (Fsp3) is 1.00. The summed E-state index contributed by atoms with van der Waals surface area (Å²) in [4.78, 5) is 0. The quantitative estimate of drug-likeness (QED) is 0.410. The summed E-state index contributed by atoms with van der Waals surface area (Å²) in [6, 6.07) is 0. The van der Waals surface area contributed by atoms with Crippen molar-refractivity contribution in [3.8, 4) is 0 Å². The van der Waals surface area contributed by atoms with Crippen LogP contribution < -0.4 is 0 Å². The van der Waals surface area contributed by atoms with Gasteiger partial charge in [-0.05, 0) is 19.8 Å². The van der Waals surface area contributed by atoms with Crippen LogP contribution in [-0.2, 0) is 0 Å². The Morgan fingerprint density at radius 2 is 1.67 bits per heavy atom. The average Bonchev–Trinajstić information content (AvgIpc) is 1.76. The number of aliphatic hydroxyl groups is 1. The van der Waals surface area contributed by atoms with Gasteiger partial charge in [0.15, 0.2) is 0 Å². The third-order valence-corrected chi connectivity index (χ3v) is 0.974. The van der Waals surface area contributed by atoms with Gasteiger partial charge in [-0.25, -0.2) is 0 Å². The monoisotopic (exact) mass is 79.1 g/mol. The van der Waals surface area contributed by atoms with Gasteiger partial charge in [-0.15, -0.1) is 0 Å². The Morgan fingerprint density at radius 3 is 1.67 bits per heavy atom. The van der Waals surface area contributed by atoms with Gasteiger partial charge >= 0.3 is 0 Å². The van der Waals surface area contributed by atoms with Gasteiger partial charge in [0.1, 0.15) is 0 Å². The zero-order valence-corrected chi connectivity index (χ0v) is 4.36. The molecule has 1 N–H and O–H groups in total. The van der Waals surface area contributed by atoms with Crippen LogP contribution in [0, 0.1) is 0 Å². The summed E-state index contributed by atoms with van der Waals surface area (Å²) in [5.41, 5.74) is -0.250. The molecule has 0 unspecified atom stereocenters. The normalized spacial score (nSPS) is 25.0. The van der Waals surface area contributed by atoms with Crippen LogP contribution in [0.1, 0.15) is 19.8 Å². The second kappa shape index (κ2) is 1.58. The van der Waals surface area contributed by atoms with Gasteiger partial charge in [-0.1, -0.05) is 0 Å². The third kappa shape index (κ3) is 1.87. The molecule has 1 saturated carbocycles. The van der Waals surface area contributed by atoms with Crippen LogP contribution in [-0.4, -0.2) is 29.6 Å². The maximum absolute atomic E-state index is 8.63. The van der Waals surface area contributed by atoms with E-state index < -0.39 is 0 Å². The summed E-state index contributed by atoms with van der Waals surface area (Å²) >= 11 is 0. The molecule has 1 fully saturated rings. The molecule has 0 aromatic rings. The van der Waals surface area contributed by atoms with Crippen molar-refractivity contribution in [1.82, 2.24) is 0 Å². The van der Waals surface area contributed by atoms with Crippen LogP contribution in [0.5, 0.6) is 0 Å². The molecule has 0 amide bonds. The largest absolute Gasteiger partial charge is 0.390 e. The fourth-order valence-corrected chi connectivity index (χ4v) is 0.181. The average molecular weight is 79.0 g/mol. The van der Waals surface area contributed by atoms with Crippen LogP contribution in [0.2, 0.25) is 0 Å². The zero-order chi connectivity index (χ0) is 3.91. The van der Waals surface area contributed by atoms with Crippen molar-refractivity contribution in [2.24, 2.45) is 0 Å². The van der Waals surface area contributed by atoms with E-state index in [1.807, 2.05) is 6.92 Å². The van der Waals surface area contributed by atoms with Crippen molar-refractivity contribution in [2.75, 3.05) is 0 Å². The second-order valence-electron chi connectivity index (χ2n) is 2.00. The summed E-state index contributed by atoms with van der Waals surface area (Å²) in [6.45, 7) is 1.85. The van der Waals surface area contributed by atoms with Gasteiger partial charge in [0, 0.05) is 18.9 Å². The van der Waals surface area contributed by atoms with E-state index in [0.717, 1.165) is 12.8 Å². The smallest absolute Gasteiger partial charge is 0.0622 e. The molecule has 0 bridgehead atoms. The zero-order valence-electron chi connectivity index (χ0n) is 4.36. The molecule has 1 rings (SSSR count). The Balaban J connectivity index is 0.000000250. The Labute approximate surface area is 49.9 Å². The molecule has 1 aliphatic carbocycles. The minimum absolute atomic E-state index is 0. The van der Waals surface area contributed by atoms with E-state index in [9.17, 15) is 0 Å². The molecule has 6 heavy (non-hydrogen) atoms. The molecule has 0 saturated heterocycles. The first-order valence-corrected chi connectivity index (χ1v) is 1.93. The fourth-order valence-electron chi connectivity index (χ4n) is 0.181. The van der Waals surface area contributed by atoms with E-state index in [4.69, 9.17) is 5.11 Å². The topological polar surface area (TPSA) is 20.2 Å². The molecule has 1 nitrogen and oxygen atoms in total. The van der Waals surface area contributed by atoms with Crippen molar-refractivity contribution in [3.63, 3.8) is 0 Å². The van der Waals surface area contributed by atoms with Crippen LogP contribution in [0.15, 0.2) is 0 Å². The Kier molecular flexibility index (Phi) is 1.72. The van der Waals surface area contributed by atoms with Gasteiger partial charge < -0.3 is 5.11 Å². The first kappa shape index (κ1) is 6.56. The van der Waals surface area contributed by atoms with Gasteiger partial charge in [0.25, 0.3) is 0 Å². The second-order valence-corrected chi connectivity index (χ2v) is 2.00. The molecule has 0 aromatic carbocycles. The van der Waals surface area contributed by atoms with E-state index in [1.165, 1.54) is 0 Å². The van der Waals surface area contributed by atoms with Crippen LogP contribution in [0.4, 0.5) is 0 Å². The molecule has 0 heterocycles. The number of rotatable bonds is 0. The van der Waals surface area contributed by atoms with E-state index in [-0.39, 0.29) is 24.5 Å². The molecule has 0 atom stereocenters. The molecular formula is C4H8LiO. The van der Waals surface area contributed by atoms with Crippen molar-refractivity contribution in [2.45, 2.75) is 25.4 Å². The van der Waals surface area contributed by atoms with E-state index >= 15 is 0 Å². The van der Waals surface area contributed by atoms with E-state index in [2.05, 4.69) is 0 Å². The van der Waals surface area contributed by atoms with Gasteiger partial charge in [0.05, 0.1) is 5.60 Å². The first-order chi connectivity index (χ1) is 2.21. The third-order valence-electron chi connectivity index (χ3n) is 0.974. The van der Waals surface area contributed by atoms with E-state index in [1.54, 1.807) is 0 Å². The van der Waals surface area contributed by atoms with Crippen molar-refractivity contribution < 1.29 is 5.11 Å². The summed E-state index contributed by atoms with van der Waals surface area (Å²) in [5, 5.41) is 8.63. The minimum atomic E-state index is -0.250. The van der Waals surface area contributed by atoms with Crippen LogP contribution >= 0.6 is 0 Å². The van der Waals surface area contributed by atoms with Crippen LogP contribution in [0.25, 0.3) is 0 Å². The van der Waals surface area contributed by atoms with E-state index in [0.29, 0.717) is 0 Å². The Morgan fingerprint density at radius 1 is 1.50 bits per heavy atom. The minimum Gasteiger partial charge on any atom is -0.390 e. The molecule has 31 valence electrons. The maximum atomic E-state index is 8.63. The Hall–Kier alpha value is 0.557. The molecule has 1 aliphatic rings. The van der Waals surface area contributed by atoms with Crippen molar-refractivity contribution in [1.29, 1.82) is 0 Å². The number of hydrogen-bond acceptors (Lipinski definition) is 1. The standard InChI is InChI=1S/C4H8O.Li/c1-4(5)2-3-4;/h5H,2-3H2,1H3;. The maximum Gasteiger partial charge on any atom is 0.0622 e. The molecule has 2 heteroatoms. The van der Waals surface area contributed by atoms with Crippen molar-refractivity contribution in [3.05, 3.63) is 0 Å². The summed E-state index contributed by atoms with van der Waals surface area (Å²) in [5.74, 6) is 0. The predicted molar refractivity (Wildman–Crippen MR) is 25.6 cm³/mol. The van der Waals surface area contributed by atoms with Gasteiger partial charge in [-0.3, -0.25) is 0 Å². The predicted octanol–water partition coefficient (Wildman–Crippen LogP) is 0.150. The summed E-state index contributed by atoms with van der Waals surface area (Å²) < 4.78 is 0. The first-order valence-electron chi connectivity index (χ1n) is 1.93. The molecule has 1 radical (unpaired) electrons. The van der Waals surface area contributed by atoms with Crippen LogP contribution in [0.3, 0.4) is 0 Å². The van der Waals surface area contributed by atoms with Crippen molar-refractivity contribution >= 4 is 18.9 Å². The molecule has 0 aliphatic heterocycles. The molecule has 0 spiro atoms. The Bertz CT molecular complexity index is 45.5.